The largest absolute Gasteiger partial charge is 0.497 e. The number of nitrogens with one attached hydrogen (secondary N) is 1. The van der Waals surface area contributed by atoms with Gasteiger partial charge in [0.15, 0.2) is 0 Å². The normalized spacial score (nSPS) is 28.8. The van der Waals surface area contributed by atoms with Crippen molar-refractivity contribution in [2.45, 2.75) is 31.4 Å². The molecule has 5 heteroatoms. The van der Waals surface area contributed by atoms with Gasteiger partial charge in [-0.2, -0.15) is 0 Å². The summed E-state index contributed by atoms with van der Waals surface area (Å²) in [6.07, 6.45) is 2.50. The highest BCUT2D eigenvalue weighted by Crippen LogP contribution is 2.43. The summed E-state index contributed by atoms with van der Waals surface area (Å²) < 4.78 is 16.2. The Bertz CT molecular complexity index is 548. The van der Waals surface area contributed by atoms with Crippen LogP contribution in [0.1, 0.15) is 18.4 Å². The highest BCUT2D eigenvalue weighted by atomic mass is 16.5. The zero-order valence-corrected chi connectivity index (χ0v) is 13.8. The van der Waals surface area contributed by atoms with Crippen molar-refractivity contribution >= 4 is 5.91 Å². The van der Waals surface area contributed by atoms with Crippen LogP contribution in [-0.2, 0) is 20.7 Å². The van der Waals surface area contributed by atoms with Crippen molar-refractivity contribution < 1.29 is 19.0 Å². The second-order valence-corrected chi connectivity index (χ2v) is 6.35. The molecule has 1 amide bonds. The van der Waals surface area contributed by atoms with Crippen molar-refractivity contribution in [3.05, 3.63) is 29.8 Å². The summed E-state index contributed by atoms with van der Waals surface area (Å²) in [5, 5.41) is 3.19. The van der Waals surface area contributed by atoms with Gasteiger partial charge >= 0.3 is 0 Å². The first-order chi connectivity index (χ1) is 11.2. The topological polar surface area (TPSA) is 56.8 Å². The van der Waals surface area contributed by atoms with Crippen LogP contribution in [0.15, 0.2) is 24.3 Å². The van der Waals surface area contributed by atoms with Gasteiger partial charge in [-0.25, -0.2) is 0 Å². The smallest absolute Gasteiger partial charge is 0.220 e. The van der Waals surface area contributed by atoms with E-state index in [0.29, 0.717) is 18.9 Å². The number of ether oxygens (including phenoxy) is 3. The summed E-state index contributed by atoms with van der Waals surface area (Å²) in [7, 11) is 3.35. The van der Waals surface area contributed by atoms with E-state index in [4.69, 9.17) is 14.2 Å². The van der Waals surface area contributed by atoms with Crippen molar-refractivity contribution in [2.24, 2.45) is 11.8 Å². The lowest BCUT2D eigenvalue weighted by molar-refractivity contribution is -0.129. The molecule has 1 aliphatic carbocycles. The Kier molecular flexibility index (Phi) is 5.18. The van der Waals surface area contributed by atoms with Crippen LogP contribution in [-0.4, -0.2) is 45.5 Å². The van der Waals surface area contributed by atoms with Crippen LogP contribution < -0.4 is 10.1 Å². The Labute approximate surface area is 137 Å². The van der Waals surface area contributed by atoms with E-state index in [1.807, 2.05) is 24.3 Å². The highest BCUT2D eigenvalue weighted by Gasteiger charge is 2.54. The molecule has 1 N–H and O–H groups in total. The van der Waals surface area contributed by atoms with Gasteiger partial charge in [0.05, 0.1) is 19.8 Å². The third-order valence-corrected chi connectivity index (χ3v) is 4.99. The van der Waals surface area contributed by atoms with Gasteiger partial charge in [-0.15, -0.1) is 0 Å². The number of benzene rings is 1. The number of hydrogen-bond donors (Lipinski definition) is 1. The van der Waals surface area contributed by atoms with E-state index < -0.39 is 0 Å². The fourth-order valence-electron chi connectivity index (χ4n) is 3.78. The van der Waals surface area contributed by atoms with Gasteiger partial charge in [-0.3, -0.25) is 4.79 Å². The van der Waals surface area contributed by atoms with Crippen molar-refractivity contribution in [3.63, 3.8) is 0 Å². The maximum absolute atomic E-state index is 12.3. The number of amides is 1. The number of carbonyl (C=O) groups is 1. The number of carbonyl (C=O) groups excluding carboxylic acids is 1. The van der Waals surface area contributed by atoms with Gasteiger partial charge < -0.3 is 19.5 Å². The van der Waals surface area contributed by atoms with Crippen LogP contribution in [0.2, 0.25) is 0 Å². The predicted molar refractivity (Wildman–Crippen MR) is 86.5 cm³/mol. The van der Waals surface area contributed by atoms with Crippen LogP contribution in [0.25, 0.3) is 0 Å². The predicted octanol–water partition coefficient (Wildman–Crippen LogP) is 1.79. The minimum Gasteiger partial charge on any atom is -0.497 e. The van der Waals surface area contributed by atoms with Gasteiger partial charge in [-0.1, -0.05) is 12.1 Å². The van der Waals surface area contributed by atoms with E-state index in [2.05, 4.69) is 5.32 Å². The molecule has 2 fully saturated rings. The number of rotatable bonds is 7. The third-order valence-electron chi connectivity index (χ3n) is 4.99. The van der Waals surface area contributed by atoms with Gasteiger partial charge in [0.2, 0.25) is 5.91 Å². The van der Waals surface area contributed by atoms with Gasteiger partial charge in [0.25, 0.3) is 0 Å². The zero-order valence-electron chi connectivity index (χ0n) is 13.8. The molecule has 1 aliphatic heterocycles. The number of fused-ring (bicyclic) bond motifs is 1. The molecule has 5 nitrogen and oxygen atoms in total. The van der Waals surface area contributed by atoms with Crippen LogP contribution in [0, 0.1) is 11.8 Å². The molecule has 3 rings (SSSR count). The lowest BCUT2D eigenvalue weighted by Crippen LogP contribution is -2.62. The van der Waals surface area contributed by atoms with Crippen LogP contribution >= 0.6 is 0 Å². The summed E-state index contributed by atoms with van der Waals surface area (Å²) in [5.41, 5.74) is 1.11. The molecule has 4 atom stereocenters. The Morgan fingerprint density at radius 2 is 2.26 bits per heavy atom. The highest BCUT2D eigenvalue weighted by molar-refractivity contribution is 5.76. The first kappa shape index (κ1) is 16.3. The first-order valence-electron chi connectivity index (χ1n) is 8.25. The molecule has 0 unspecified atom stereocenters. The van der Waals surface area contributed by atoms with E-state index in [-0.39, 0.29) is 24.0 Å². The van der Waals surface area contributed by atoms with E-state index in [1.54, 1.807) is 14.2 Å². The Hall–Kier alpha value is -1.59. The fourth-order valence-corrected chi connectivity index (χ4v) is 3.78. The van der Waals surface area contributed by atoms with Gasteiger partial charge in [-0.05, 0) is 30.5 Å². The molecule has 0 radical (unpaired) electrons. The van der Waals surface area contributed by atoms with Crippen LogP contribution in [0.3, 0.4) is 0 Å². The van der Waals surface area contributed by atoms with Crippen molar-refractivity contribution in [1.29, 1.82) is 0 Å². The van der Waals surface area contributed by atoms with E-state index >= 15 is 0 Å². The van der Waals surface area contributed by atoms with Gasteiger partial charge in [0, 0.05) is 38.0 Å². The molecule has 2 aliphatic rings. The zero-order chi connectivity index (χ0) is 16.2. The first-order valence-corrected chi connectivity index (χ1v) is 8.25. The molecular formula is C18H25NO4. The van der Waals surface area contributed by atoms with Gasteiger partial charge in [0.1, 0.15) is 5.75 Å². The molecule has 0 bridgehead atoms. The second kappa shape index (κ2) is 7.32. The number of methoxy groups -OCH3 is 2. The van der Waals surface area contributed by atoms with Crippen molar-refractivity contribution in [3.8, 4) is 5.75 Å². The molecule has 1 aromatic rings. The fraction of sp³-hybridized carbons (Fsp3) is 0.611. The molecule has 1 saturated heterocycles. The van der Waals surface area contributed by atoms with E-state index in [1.165, 1.54) is 0 Å². The number of hydrogen-bond acceptors (Lipinski definition) is 4. The minimum absolute atomic E-state index is 0.101. The molecular weight excluding hydrogens is 294 g/mol. The summed E-state index contributed by atoms with van der Waals surface area (Å²) in [6.45, 7) is 1.44. The van der Waals surface area contributed by atoms with Crippen molar-refractivity contribution in [2.75, 3.05) is 27.4 Å². The summed E-state index contributed by atoms with van der Waals surface area (Å²) in [5.74, 6) is 1.67. The Morgan fingerprint density at radius 3 is 3.04 bits per heavy atom. The maximum atomic E-state index is 12.3. The molecule has 0 aromatic heterocycles. The summed E-state index contributed by atoms with van der Waals surface area (Å²) >= 11 is 0. The van der Waals surface area contributed by atoms with E-state index in [0.717, 1.165) is 30.8 Å². The molecule has 23 heavy (non-hydrogen) atoms. The maximum Gasteiger partial charge on any atom is 0.220 e. The molecule has 1 saturated carbocycles. The quantitative estimate of drug-likeness (QED) is 0.832. The molecule has 1 heterocycles. The molecule has 1 aromatic carbocycles. The Morgan fingerprint density at radius 1 is 1.39 bits per heavy atom. The monoisotopic (exact) mass is 319 g/mol. The summed E-state index contributed by atoms with van der Waals surface area (Å²) in [6, 6.07) is 8.06. The average molecular weight is 319 g/mol. The minimum atomic E-state index is 0.101. The molecule has 0 spiro atoms. The lowest BCUT2D eigenvalue weighted by Gasteiger charge is -2.47. The average Bonchev–Trinajstić information content (AvgIpc) is 3.00. The van der Waals surface area contributed by atoms with E-state index in [9.17, 15) is 4.79 Å². The summed E-state index contributed by atoms with van der Waals surface area (Å²) in [4.78, 5) is 12.3. The SMILES string of the molecule is COC[C@@H]1[C@H](NC(=O)CCc2cccc(OC)c2)[C@@H]2CCO[C@H]12. The van der Waals surface area contributed by atoms with Crippen molar-refractivity contribution in [1.82, 2.24) is 5.32 Å². The van der Waals surface area contributed by atoms with Crippen LogP contribution in [0.4, 0.5) is 0 Å². The standard InChI is InChI=1S/C18H25NO4/c1-21-11-15-17(14-8-9-23-18(14)15)19-16(20)7-6-12-4-3-5-13(10-12)22-2/h3-5,10,14-15,17-18H,6-9,11H2,1-2H3,(H,19,20)/t14-,15+,17+,18-/m0/s1. The third kappa shape index (κ3) is 3.51. The number of aryl methyl sites for hydroxylation is 1. The second-order valence-electron chi connectivity index (χ2n) is 6.35. The lowest BCUT2D eigenvalue weighted by atomic mass is 9.67. The Balaban J connectivity index is 1.50. The van der Waals surface area contributed by atoms with Crippen LogP contribution in [0.5, 0.6) is 5.75 Å². The molecule has 126 valence electrons.